The Kier molecular flexibility index (Phi) is 6.93. The summed E-state index contributed by atoms with van der Waals surface area (Å²) in [4.78, 5) is 38.1. The van der Waals surface area contributed by atoms with Gasteiger partial charge in [-0.25, -0.2) is 0 Å². The van der Waals surface area contributed by atoms with Crippen molar-refractivity contribution in [1.82, 2.24) is 15.2 Å². The smallest absolute Gasteiger partial charge is 0.259 e. The van der Waals surface area contributed by atoms with E-state index in [9.17, 15) is 19.6 Å². The Hall–Kier alpha value is -2.66. The molecule has 2 heterocycles. The van der Waals surface area contributed by atoms with Crippen LogP contribution in [0.25, 0.3) is 10.8 Å². The molecule has 1 aliphatic heterocycles. The predicted molar refractivity (Wildman–Crippen MR) is 118 cm³/mol. The molecule has 7 nitrogen and oxygen atoms in total. The molecule has 1 aliphatic rings. The van der Waals surface area contributed by atoms with E-state index in [2.05, 4.69) is 32.6 Å². The van der Waals surface area contributed by atoms with Gasteiger partial charge in [0.1, 0.15) is 12.1 Å². The molecule has 0 saturated carbocycles. The van der Waals surface area contributed by atoms with Crippen molar-refractivity contribution in [3.05, 3.63) is 45.3 Å². The fraction of sp³-hybridized carbons (Fsp3) is 0.455. The molecule has 8 heteroatoms. The molecule has 2 unspecified atom stereocenters. The first-order valence-electron chi connectivity index (χ1n) is 10.1. The number of amides is 2. The van der Waals surface area contributed by atoms with Crippen molar-refractivity contribution >= 4 is 38.5 Å². The zero-order valence-corrected chi connectivity index (χ0v) is 18.6. The molecule has 0 bridgehead atoms. The minimum absolute atomic E-state index is 0.0837. The van der Waals surface area contributed by atoms with E-state index in [1.807, 2.05) is 32.0 Å². The Morgan fingerprint density at radius 1 is 1.37 bits per heavy atom. The number of benzene rings is 1. The third-order valence-corrected chi connectivity index (χ3v) is 5.88. The molecular weight excluding hydrogens is 448 g/mol. The van der Waals surface area contributed by atoms with Crippen LogP contribution in [0.4, 0.5) is 0 Å². The van der Waals surface area contributed by atoms with Gasteiger partial charge in [-0.05, 0) is 48.8 Å². The van der Waals surface area contributed by atoms with Crippen molar-refractivity contribution < 1.29 is 9.59 Å². The SMILES string of the molecule is CC(C)CC(C(=O)NC(C#N)C[C@@H]1CCNC1=O)n1ccc2ccc(Br)cc2c1=O. The highest BCUT2D eigenvalue weighted by atomic mass is 79.9. The van der Waals surface area contributed by atoms with Gasteiger partial charge in [-0.2, -0.15) is 5.26 Å². The van der Waals surface area contributed by atoms with Gasteiger partial charge in [-0.15, -0.1) is 0 Å². The average molecular weight is 473 g/mol. The van der Waals surface area contributed by atoms with E-state index in [1.165, 1.54) is 4.57 Å². The maximum absolute atomic E-state index is 13.1. The second-order valence-corrected chi connectivity index (χ2v) is 9.02. The molecule has 2 aromatic rings. The van der Waals surface area contributed by atoms with Crippen LogP contribution in [0, 0.1) is 23.2 Å². The summed E-state index contributed by atoms with van der Waals surface area (Å²) in [6.07, 6.45) is 3.01. The second-order valence-electron chi connectivity index (χ2n) is 8.11. The monoisotopic (exact) mass is 472 g/mol. The lowest BCUT2D eigenvalue weighted by Crippen LogP contribution is -2.43. The fourth-order valence-electron chi connectivity index (χ4n) is 3.83. The lowest BCUT2D eigenvalue weighted by Gasteiger charge is -2.23. The summed E-state index contributed by atoms with van der Waals surface area (Å²) in [5.41, 5.74) is -0.252. The maximum Gasteiger partial charge on any atom is 0.259 e. The quantitative estimate of drug-likeness (QED) is 0.646. The lowest BCUT2D eigenvalue weighted by molar-refractivity contribution is -0.126. The first-order valence-corrected chi connectivity index (χ1v) is 10.9. The molecule has 1 saturated heterocycles. The standard InChI is InChI=1S/C22H25BrN4O3/c1-13(2)9-19(21(29)26-17(12-24)10-15-5-7-25-20(15)28)27-8-6-14-3-4-16(23)11-18(14)22(27)30/h3-4,6,8,11,13,15,17,19H,5,7,9-10H2,1-2H3,(H,25,28)(H,26,29)/t15-,17?,19?/m0/s1. The summed E-state index contributed by atoms with van der Waals surface area (Å²) in [7, 11) is 0. The number of carbonyl (C=O) groups is 2. The highest BCUT2D eigenvalue weighted by Crippen LogP contribution is 2.22. The summed E-state index contributed by atoms with van der Waals surface area (Å²) in [5.74, 6) is -0.587. The molecule has 3 atom stereocenters. The molecule has 30 heavy (non-hydrogen) atoms. The zero-order chi connectivity index (χ0) is 21.8. The molecule has 0 radical (unpaired) electrons. The molecular formula is C22H25BrN4O3. The van der Waals surface area contributed by atoms with Crippen molar-refractivity contribution in [2.75, 3.05) is 6.54 Å². The third kappa shape index (κ3) is 4.90. The van der Waals surface area contributed by atoms with Crippen molar-refractivity contribution in [2.24, 2.45) is 11.8 Å². The van der Waals surface area contributed by atoms with Gasteiger partial charge in [0.15, 0.2) is 0 Å². The molecule has 0 spiro atoms. The number of pyridine rings is 1. The van der Waals surface area contributed by atoms with Gasteiger partial charge in [-0.3, -0.25) is 14.4 Å². The Morgan fingerprint density at radius 2 is 2.13 bits per heavy atom. The van der Waals surface area contributed by atoms with Crippen molar-refractivity contribution in [3.8, 4) is 6.07 Å². The van der Waals surface area contributed by atoms with Gasteiger partial charge in [0.05, 0.1) is 6.07 Å². The number of fused-ring (bicyclic) bond motifs is 1. The largest absolute Gasteiger partial charge is 0.356 e. The first-order chi connectivity index (χ1) is 14.3. The molecule has 2 amide bonds. The molecule has 158 valence electrons. The summed E-state index contributed by atoms with van der Waals surface area (Å²) in [6, 6.07) is 7.83. The number of hydrogen-bond donors (Lipinski definition) is 2. The van der Waals surface area contributed by atoms with E-state index in [0.29, 0.717) is 24.8 Å². The number of carbonyl (C=O) groups excluding carboxylic acids is 2. The van der Waals surface area contributed by atoms with Crippen molar-refractivity contribution in [2.45, 2.75) is 45.2 Å². The molecule has 2 N–H and O–H groups in total. The Balaban J connectivity index is 1.88. The van der Waals surface area contributed by atoms with Crippen LogP contribution in [0.1, 0.15) is 39.2 Å². The molecule has 3 rings (SSSR count). The van der Waals surface area contributed by atoms with Crippen LogP contribution in [0.2, 0.25) is 0 Å². The highest BCUT2D eigenvalue weighted by Gasteiger charge is 2.30. The number of rotatable bonds is 7. The lowest BCUT2D eigenvalue weighted by atomic mass is 9.98. The van der Waals surface area contributed by atoms with Gasteiger partial charge < -0.3 is 15.2 Å². The predicted octanol–water partition coefficient (Wildman–Crippen LogP) is 2.89. The summed E-state index contributed by atoms with van der Waals surface area (Å²) < 4.78 is 2.23. The Labute approximate surface area is 183 Å². The normalized spacial score (nSPS) is 18.1. The minimum Gasteiger partial charge on any atom is -0.356 e. The molecule has 1 aromatic heterocycles. The van der Waals surface area contributed by atoms with Crippen LogP contribution >= 0.6 is 15.9 Å². The van der Waals surface area contributed by atoms with E-state index in [-0.39, 0.29) is 35.6 Å². The van der Waals surface area contributed by atoms with Crippen LogP contribution in [-0.4, -0.2) is 29.0 Å². The number of nitrogens with one attached hydrogen (secondary N) is 2. The van der Waals surface area contributed by atoms with Gasteiger partial charge in [0.2, 0.25) is 11.8 Å². The van der Waals surface area contributed by atoms with Crippen LogP contribution in [0.15, 0.2) is 39.7 Å². The maximum atomic E-state index is 13.1. The molecule has 1 aromatic carbocycles. The number of aromatic nitrogens is 1. The zero-order valence-electron chi connectivity index (χ0n) is 17.0. The van der Waals surface area contributed by atoms with Crippen LogP contribution in [0.5, 0.6) is 0 Å². The third-order valence-electron chi connectivity index (χ3n) is 5.38. The highest BCUT2D eigenvalue weighted by molar-refractivity contribution is 9.10. The van der Waals surface area contributed by atoms with E-state index < -0.39 is 12.1 Å². The fourth-order valence-corrected chi connectivity index (χ4v) is 4.19. The first kappa shape index (κ1) is 22.0. The van der Waals surface area contributed by atoms with Crippen molar-refractivity contribution in [1.29, 1.82) is 5.26 Å². The van der Waals surface area contributed by atoms with Crippen LogP contribution in [-0.2, 0) is 9.59 Å². The Morgan fingerprint density at radius 3 is 2.77 bits per heavy atom. The average Bonchev–Trinajstić information content (AvgIpc) is 3.11. The minimum atomic E-state index is -0.786. The summed E-state index contributed by atoms with van der Waals surface area (Å²) in [5, 5.41) is 16.3. The van der Waals surface area contributed by atoms with Crippen LogP contribution < -0.4 is 16.2 Å². The number of halogens is 1. The number of hydrogen-bond acceptors (Lipinski definition) is 4. The molecule has 0 aliphatic carbocycles. The second kappa shape index (κ2) is 9.43. The topological polar surface area (TPSA) is 104 Å². The van der Waals surface area contributed by atoms with Gasteiger partial charge in [0, 0.05) is 28.5 Å². The Bertz CT molecular complexity index is 1060. The number of nitrogens with zero attached hydrogens (tertiary/aromatic N) is 2. The van der Waals surface area contributed by atoms with Gasteiger partial charge in [-0.1, -0.05) is 35.8 Å². The van der Waals surface area contributed by atoms with Crippen LogP contribution in [0.3, 0.4) is 0 Å². The summed E-state index contributed by atoms with van der Waals surface area (Å²) in [6.45, 7) is 4.55. The van der Waals surface area contributed by atoms with Gasteiger partial charge in [0.25, 0.3) is 5.56 Å². The van der Waals surface area contributed by atoms with E-state index in [4.69, 9.17) is 0 Å². The molecule has 1 fully saturated rings. The van der Waals surface area contributed by atoms with E-state index in [1.54, 1.807) is 12.3 Å². The number of nitriles is 1. The van der Waals surface area contributed by atoms with E-state index in [0.717, 1.165) is 9.86 Å². The van der Waals surface area contributed by atoms with Crippen molar-refractivity contribution in [3.63, 3.8) is 0 Å². The van der Waals surface area contributed by atoms with Gasteiger partial charge >= 0.3 is 0 Å². The van der Waals surface area contributed by atoms with E-state index >= 15 is 0 Å². The summed E-state index contributed by atoms with van der Waals surface area (Å²) >= 11 is 3.39.